The van der Waals surface area contributed by atoms with Crippen molar-refractivity contribution in [3.8, 4) is 0 Å². The van der Waals surface area contributed by atoms with Crippen LogP contribution in [-0.2, 0) is 4.75 Å². The summed E-state index contributed by atoms with van der Waals surface area (Å²) < 4.78 is 0.270. The van der Waals surface area contributed by atoms with E-state index in [1.54, 1.807) is 0 Å². The first-order chi connectivity index (χ1) is 10.3. The smallest absolute Gasteiger partial charge is 0.0573 e. The first kappa shape index (κ1) is 13.7. The summed E-state index contributed by atoms with van der Waals surface area (Å²) in [6.45, 7) is 2.22. The average Bonchev–Trinajstić information content (AvgIpc) is 2.84. The summed E-state index contributed by atoms with van der Waals surface area (Å²) in [6.07, 6.45) is 2.41. The Balaban J connectivity index is 1.83. The monoisotopic (exact) mass is 315 g/mol. The van der Waals surface area contributed by atoms with Gasteiger partial charge in [-0.05, 0) is 48.7 Å². The van der Waals surface area contributed by atoms with Crippen LogP contribution in [0.5, 0.6) is 0 Å². The molecule has 2 heterocycles. The summed E-state index contributed by atoms with van der Waals surface area (Å²) in [5.41, 5.74) is 4.24. The summed E-state index contributed by atoms with van der Waals surface area (Å²) in [6, 6.07) is 17.2. The van der Waals surface area contributed by atoms with Crippen LogP contribution in [-0.4, -0.2) is 13.1 Å². The normalized spacial score (nSPS) is 23.2. The van der Waals surface area contributed by atoms with Gasteiger partial charge in [0.25, 0.3) is 0 Å². The van der Waals surface area contributed by atoms with Crippen molar-refractivity contribution in [1.29, 1.82) is 0 Å². The Labute approximate surface area is 135 Å². The van der Waals surface area contributed by atoms with E-state index in [1.165, 1.54) is 29.5 Å². The molecule has 1 atom stereocenters. The minimum absolute atomic E-state index is 0.270. The Morgan fingerprint density at radius 1 is 0.952 bits per heavy atom. The molecule has 0 amide bonds. The molecule has 1 nitrogen and oxygen atoms in total. The number of rotatable bonds is 1. The fraction of sp³-hybridized carbons (Fsp3) is 0.333. The lowest BCUT2D eigenvalue weighted by atomic mass is 9.85. The van der Waals surface area contributed by atoms with Gasteiger partial charge in [0.05, 0.1) is 5.25 Å². The number of hydrogen-bond acceptors (Lipinski definition) is 2. The standard InChI is InChI=1S/C18H18ClNS/c19-16-8-4-2-6-14(16)17-13-5-1-3-7-15(13)18(21-17)9-11-20-12-10-18/h1-8,17,20H,9-12H2. The van der Waals surface area contributed by atoms with Gasteiger partial charge in [0, 0.05) is 9.77 Å². The van der Waals surface area contributed by atoms with E-state index in [-0.39, 0.29) is 4.75 Å². The highest BCUT2D eigenvalue weighted by molar-refractivity contribution is 8.01. The predicted octanol–water partition coefficient (Wildman–Crippen LogP) is 4.75. The average molecular weight is 316 g/mol. The summed E-state index contributed by atoms with van der Waals surface area (Å²) in [5, 5.41) is 4.75. The maximum atomic E-state index is 6.47. The second kappa shape index (κ2) is 5.35. The number of nitrogens with one attached hydrogen (secondary N) is 1. The van der Waals surface area contributed by atoms with Crippen molar-refractivity contribution < 1.29 is 0 Å². The van der Waals surface area contributed by atoms with Gasteiger partial charge in [-0.1, -0.05) is 54.1 Å². The fourth-order valence-corrected chi connectivity index (χ4v) is 5.81. The second-order valence-electron chi connectivity index (χ2n) is 5.85. The van der Waals surface area contributed by atoms with Gasteiger partial charge in [0.1, 0.15) is 0 Å². The topological polar surface area (TPSA) is 12.0 Å². The van der Waals surface area contributed by atoms with Gasteiger partial charge < -0.3 is 5.32 Å². The van der Waals surface area contributed by atoms with Crippen molar-refractivity contribution in [2.24, 2.45) is 0 Å². The zero-order chi connectivity index (χ0) is 14.3. The largest absolute Gasteiger partial charge is 0.317 e. The number of hydrogen-bond donors (Lipinski definition) is 1. The molecule has 108 valence electrons. The summed E-state index contributed by atoms with van der Waals surface area (Å²) in [4.78, 5) is 0. The second-order valence-corrected chi connectivity index (χ2v) is 7.75. The lowest BCUT2D eigenvalue weighted by molar-refractivity contribution is 0.427. The molecule has 1 saturated heterocycles. The molecular formula is C18H18ClNS. The molecule has 1 N–H and O–H groups in total. The van der Waals surface area contributed by atoms with Crippen LogP contribution in [0.3, 0.4) is 0 Å². The summed E-state index contributed by atoms with van der Waals surface area (Å²) >= 11 is 8.58. The Kier molecular flexibility index (Phi) is 3.49. The molecule has 2 aromatic carbocycles. The van der Waals surface area contributed by atoms with E-state index in [2.05, 4.69) is 53.5 Å². The molecule has 4 rings (SSSR count). The van der Waals surface area contributed by atoms with E-state index in [9.17, 15) is 0 Å². The fourth-order valence-electron chi connectivity index (χ4n) is 3.63. The number of piperidine rings is 1. The molecule has 1 spiro atoms. The van der Waals surface area contributed by atoms with E-state index < -0.39 is 0 Å². The van der Waals surface area contributed by atoms with Crippen molar-refractivity contribution >= 4 is 23.4 Å². The van der Waals surface area contributed by atoms with Gasteiger partial charge in [0.2, 0.25) is 0 Å². The van der Waals surface area contributed by atoms with Crippen LogP contribution in [0.25, 0.3) is 0 Å². The molecule has 0 radical (unpaired) electrons. The Morgan fingerprint density at radius 3 is 2.38 bits per heavy atom. The van der Waals surface area contributed by atoms with E-state index in [0.29, 0.717) is 5.25 Å². The quantitative estimate of drug-likeness (QED) is 0.814. The van der Waals surface area contributed by atoms with Crippen molar-refractivity contribution in [2.75, 3.05) is 13.1 Å². The van der Waals surface area contributed by atoms with Gasteiger partial charge in [-0.3, -0.25) is 0 Å². The number of benzene rings is 2. The Bertz CT molecular complexity index is 664. The van der Waals surface area contributed by atoms with Crippen LogP contribution in [0.15, 0.2) is 48.5 Å². The maximum absolute atomic E-state index is 6.47. The third kappa shape index (κ3) is 2.21. The minimum Gasteiger partial charge on any atom is -0.317 e. The molecule has 0 aliphatic carbocycles. The first-order valence-electron chi connectivity index (χ1n) is 7.53. The third-order valence-electron chi connectivity index (χ3n) is 4.68. The third-order valence-corrected chi connectivity index (χ3v) is 6.84. The highest BCUT2D eigenvalue weighted by Gasteiger charge is 2.45. The zero-order valence-corrected chi connectivity index (χ0v) is 13.4. The van der Waals surface area contributed by atoms with Gasteiger partial charge in [-0.15, -0.1) is 11.8 Å². The van der Waals surface area contributed by atoms with Crippen LogP contribution in [0, 0.1) is 0 Å². The number of thioether (sulfide) groups is 1. The van der Waals surface area contributed by atoms with Gasteiger partial charge in [-0.25, -0.2) is 0 Å². The molecule has 0 aromatic heterocycles. The highest BCUT2D eigenvalue weighted by Crippen LogP contribution is 2.61. The van der Waals surface area contributed by atoms with E-state index in [4.69, 9.17) is 11.6 Å². The van der Waals surface area contributed by atoms with Crippen molar-refractivity contribution in [1.82, 2.24) is 5.32 Å². The van der Waals surface area contributed by atoms with Crippen LogP contribution >= 0.6 is 23.4 Å². The van der Waals surface area contributed by atoms with Crippen LogP contribution < -0.4 is 5.32 Å². The zero-order valence-electron chi connectivity index (χ0n) is 11.8. The van der Waals surface area contributed by atoms with E-state index in [0.717, 1.165) is 18.1 Å². The Hall–Kier alpha value is -0.960. The highest BCUT2D eigenvalue weighted by atomic mass is 35.5. The lowest BCUT2D eigenvalue weighted by Crippen LogP contribution is -2.36. The number of halogens is 1. The molecule has 2 aliphatic heterocycles. The SMILES string of the molecule is Clc1ccccc1C1SC2(CCNCC2)c2ccccc21. The van der Waals surface area contributed by atoms with Gasteiger partial charge in [0.15, 0.2) is 0 Å². The van der Waals surface area contributed by atoms with Gasteiger partial charge >= 0.3 is 0 Å². The van der Waals surface area contributed by atoms with E-state index in [1.807, 2.05) is 12.1 Å². The first-order valence-corrected chi connectivity index (χ1v) is 8.78. The van der Waals surface area contributed by atoms with Crippen molar-refractivity contribution in [3.63, 3.8) is 0 Å². The minimum atomic E-state index is 0.270. The molecule has 0 saturated carbocycles. The van der Waals surface area contributed by atoms with E-state index >= 15 is 0 Å². The Morgan fingerprint density at radius 2 is 1.62 bits per heavy atom. The van der Waals surface area contributed by atoms with Gasteiger partial charge in [-0.2, -0.15) is 0 Å². The summed E-state index contributed by atoms with van der Waals surface area (Å²) in [7, 11) is 0. The van der Waals surface area contributed by atoms with Crippen LogP contribution in [0.4, 0.5) is 0 Å². The summed E-state index contributed by atoms with van der Waals surface area (Å²) in [5.74, 6) is 0. The lowest BCUT2D eigenvalue weighted by Gasteiger charge is -2.34. The predicted molar refractivity (Wildman–Crippen MR) is 91.1 cm³/mol. The van der Waals surface area contributed by atoms with Crippen LogP contribution in [0.1, 0.15) is 34.8 Å². The van der Waals surface area contributed by atoms with Crippen molar-refractivity contribution in [2.45, 2.75) is 22.8 Å². The number of fused-ring (bicyclic) bond motifs is 2. The molecule has 0 bridgehead atoms. The maximum Gasteiger partial charge on any atom is 0.0573 e. The molecule has 1 unspecified atom stereocenters. The molecular weight excluding hydrogens is 298 g/mol. The van der Waals surface area contributed by atoms with Crippen LogP contribution in [0.2, 0.25) is 5.02 Å². The molecule has 2 aliphatic rings. The molecule has 21 heavy (non-hydrogen) atoms. The molecule has 3 heteroatoms. The molecule has 1 fully saturated rings. The molecule has 2 aromatic rings. The van der Waals surface area contributed by atoms with Crippen molar-refractivity contribution in [3.05, 3.63) is 70.2 Å².